The fourth-order valence-electron chi connectivity index (χ4n) is 0. The molecule has 0 unspecified atom stereocenters. The van der Waals surface area contributed by atoms with Crippen LogP contribution in [0.4, 0.5) is 25.2 Å². The number of halogens is 6. The molecule has 0 aliphatic carbocycles. The van der Waals surface area contributed by atoms with Gasteiger partial charge in [-0.05, 0) is 0 Å². The molecule has 0 atom stereocenters. The Balaban J connectivity index is -0.00000000973. The monoisotopic (exact) mass is 1060 g/mol. The molecule has 42 heteroatoms. The minimum Gasteiger partial charge on any atom is -0.786 e. The molecule has 0 saturated carbocycles. The third-order valence-electron chi connectivity index (χ3n) is 0. The van der Waals surface area contributed by atoms with Gasteiger partial charge in [0.1, 0.15) is 47.4 Å². The Morgan fingerprint density at radius 3 is 0.214 bits per heavy atom. The van der Waals surface area contributed by atoms with E-state index in [0.717, 1.165) is 0 Å². The summed E-state index contributed by atoms with van der Waals surface area (Å²) in [4.78, 5) is 101. The molecule has 0 aliphatic rings. The van der Waals surface area contributed by atoms with E-state index in [9.17, 15) is 25.2 Å². The Morgan fingerprint density at radius 2 is 0.214 bits per heavy atom. The van der Waals surface area contributed by atoms with Gasteiger partial charge in [0.2, 0.25) is 0 Å². The average Bonchev–Trinajstić information content (AvgIpc) is 1.94. The van der Waals surface area contributed by atoms with E-state index >= 15 is 0 Å². The molecule has 0 aromatic carbocycles. The van der Waals surface area contributed by atoms with Gasteiger partial charge < -0.3 is 86.1 Å². The molecule has 0 aromatic rings. The predicted molar refractivity (Wildman–Crippen MR) is 52.3 cm³/mol. The Labute approximate surface area is 747 Å². The first kappa shape index (κ1) is 119. The summed E-state index contributed by atoms with van der Waals surface area (Å²) in [6.07, 6.45) is 0. The van der Waals surface area contributed by atoms with Gasteiger partial charge in [0.25, 0.3) is 0 Å². The molecular formula is F6K12O18P6. The largest absolute Gasteiger partial charge is 1.00 e. The smallest absolute Gasteiger partial charge is 0.786 e. The molecular weight excluding hydrogens is 1060 g/mol. The van der Waals surface area contributed by atoms with Gasteiger partial charge in [0.15, 0.2) is 0 Å². The number of hydrogen-bond acceptors (Lipinski definition) is 18. The summed E-state index contributed by atoms with van der Waals surface area (Å²) in [6.45, 7) is 0. The number of hydrogen-bond donors (Lipinski definition) is 0. The molecule has 192 valence electrons. The Bertz CT molecular complexity index is 510. The molecule has 0 aliphatic heterocycles. The summed E-state index contributed by atoms with van der Waals surface area (Å²) >= 11 is 0. The number of rotatable bonds is 0. The first-order chi connectivity index (χ1) is 12.0. The molecule has 0 radical (unpaired) electrons. The fraction of sp³-hybridized carbons (Fsp3) is 0. The predicted octanol–water partition coefficient (Wildman–Crippen LogP) is -43.2. The van der Waals surface area contributed by atoms with E-state index in [4.69, 9.17) is 86.1 Å². The minimum atomic E-state index is -5.64. The Kier molecular flexibility index (Phi) is 199. The molecule has 0 amide bonds. The summed E-state index contributed by atoms with van der Waals surface area (Å²) in [5.41, 5.74) is 0. The third-order valence-corrected chi connectivity index (χ3v) is 0. The maximum atomic E-state index is 10.1. The molecule has 0 fully saturated rings. The van der Waals surface area contributed by atoms with Crippen LogP contribution < -0.4 is 675 Å². The molecule has 0 saturated heterocycles. The van der Waals surface area contributed by atoms with Gasteiger partial charge in [-0.2, -0.15) is 0 Å². The Hall–Kier alpha value is 20.1. The summed E-state index contributed by atoms with van der Waals surface area (Å²) in [7, 11) is -33.8. The summed E-state index contributed by atoms with van der Waals surface area (Å²) in [5.74, 6) is 0. The van der Waals surface area contributed by atoms with Crippen LogP contribution in [0.5, 0.6) is 0 Å². The standard InChI is InChI=1S/6FH2O3P.12K/c6*1-5(2,3)4;;;;;;;;;;;;/h6*(H2,2,3,4);;;;;;;;;;;;/q;;;;;;12*+1/p-12. The van der Waals surface area contributed by atoms with E-state index in [1.807, 2.05) is 0 Å². The van der Waals surface area contributed by atoms with Crippen molar-refractivity contribution in [2.75, 3.05) is 0 Å². The molecule has 0 bridgehead atoms. The van der Waals surface area contributed by atoms with Crippen LogP contribution in [0.3, 0.4) is 0 Å². The van der Waals surface area contributed by atoms with Crippen LogP contribution in [0.1, 0.15) is 0 Å². The van der Waals surface area contributed by atoms with Gasteiger partial charge in [0, 0.05) is 0 Å². The van der Waals surface area contributed by atoms with Crippen LogP contribution in [0.25, 0.3) is 0 Å². The van der Waals surface area contributed by atoms with Crippen molar-refractivity contribution in [3.05, 3.63) is 0 Å². The van der Waals surface area contributed by atoms with E-state index in [0.29, 0.717) is 0 Å². The van der Waals surface area contributed by atoms with Crippen molar-refractivity contribution in [2.24, 2.45) is 0 Å². The van der Waals surface area contributed by atoms with E-state index in [1.54, 1.807) is 0 Å². The molecule has 18 nitrogen and oxygen atoms in total. The van der Waals surface area contributed by atoms with Crippen LogP contribution in [-0.2, 0) is 27.4 Å². The summed E-state index contributed by atoms with van der Waals surface area (Å²) in [6, 6.07) is 0. The topological polar surface area (TPSA) is 379 Å². The van der Waals surface area contributed by atoms with Crippen LogP contribution >= 0.6 is 47.4 Å². The second-order valence-electron chi connectivity index (χ2n) is 2.58. The third kappa shape index (κ3) is 519. The maximum absolute atomic E-state index is 10.1. The van der Waals surface area contributed by atoms with Crippen LogP contribution in [0.2, 0.25) is 0 Å². The van der Waals surface area contributed by atoms with E-state index in [-0.39, 0.29) is 617 Å². The van der Waals surface area contributed by atoms with Crippen LogP contribution in [0, 0.1) is 0 Å². The van der Waals surface area contributed by atoms with Crippen molar-refractivity contribution < 1.29 is 728 Å². The van der Waals surface area contributed by atoms with Gasteiger partial charge in [-0.1, -0.05) is 0 Å². The second-order valence-corrected chi connectivity index (χ2v) is 7.75. The van der Waals surface area contributed by atoms with Crippen molar-refractivity contribution in [3.8, 4) is 0 Å². The zero-order chi connectivity index (χ0) is 27.0. The van der Waals surface area contributed by atoms with Crippen molar-refractivity contribution in [1.29, 1.82) is 0 Å². The van der Waals surface area contributed by atoms with Gasteiger partial charge >= 0.3 is 617 Å². The van der Waals surface area contributed by atoms with E-state index in [1.165, 1.54) is 0 Å². The fourth-order valence-corrected chi connectivity index (χ4v) is 0. The van der Waals surface area contributed by atoms with Crippen LogP contribution in [-0.4, -0.2) is 0 Å². The van der Waals surface area contributed by atoms with Crippen molar-refractivity contribution >= 4 is 47.4 Å². The Morgan fingerprint density at radius 1 is 0.214 bits per heavy atom. The first-order valence-electron chi connectivity index (χ1n) is 4.30. The van der Waals surface area contributed by atoms with Gasteiger partial charge in [0.05, 0.1) is 0 Å². The van der Waals surface area contributed by atoms with E-state index in [2.05, 4.69) is 0 Å². The quantitative estimate of drug-likeness (QED) is 0.123. The van der Waals surface area contributed by atoms with E-state index < -0.39 is 47.4 Å². The van der Waals surface area contributed by atoms with Crippen molar-refractivity contribution in [1.82, 2.24) is 0 Å². The summed E-state index contributed by atoms with van der Waals surface area (Å²) in [5, 5.41) is 0. The van der Waals surface area contributed by atoms with Gasteiger partial charge in [-0.15, -0.1) is 0 Å². The maximum Gasteiger partial charge on any atom is 1.00 e. The second kappa shape index (κ2) is 70.1. The molecule has 0 rings (SSSR count). The minimum absolute atomic E-state index is 0. The SMILES string of the molecule is O=P([O-])([O-])F.O=P([O-])([O-])F.O=P([O-])([O-])F.O=P([O-])([O-])F.O=P([O-])([O-])F.O=P([O-])([O-])F.[K+].[K+].[K+].[K+].[K+].[K+].[K+].[K+].[K+].[K+].[K+].[K+]. The normalized spacial score (nSPS) is 8.43. The summed E-state index contributed by atoms with van der Waals surface area (Å²) < 4.78 is 111. The zero-order valence-corrected chi connectivity index (χ0v) is 67.1. The molecule has 0 N–H and O–H groups in total. The molecule has 0 heterocycles. The van der Waals surface area contributed by atoms with Gasteiger partial charge in [-0.3, -0.25) is 0 Å². The zero-order valence-electron chi connectivity index (χ0n) is 24.3. The molecule has 0 aromatic heterocycles. The van der Waals surface area contributed by atoms with Crippen LogP contribution in [0.15, 0.2) is 0 Å². The van der Waals surface area contributed by atoms with Crippen molar-refractivity contribution in [2.45, 2.75) is 0 Å². The molecule has 0 spiro atoms. The first-order valence-corrected chi connectivity index (χ1v) is 12.9. The van der Waals surface area contributed by atoms with Gasteiger partial charge in [-0.25, -0.2) is 25.2 Å². The molecule has 42 heavy (non-hydrogen) atoms. The average molecular weight is 1060 g/mol. The van der Waals surface area contributed by atoms with Crippen molar-refractivity contribution in [3.63, 3.8) is 0 Å².